The van der Waals surface area contributed by atoms with E-state index in [1.165, 1.54) is 5.56 Å². The smallest absolute Gasteiger partial charge is 0.231 e. The van der Waals surface area contributed by atoms with Crippen LogP contribution in [0.25, 0.3) is 0 Å². The molecule has 2 heterocycles. The molecule has 1 saturated carbocycles. The van der Waals surface area contributed by atoms with E-state index in [1.807, 2.05) is 17.0 Å². The van der Waals surface area contributed by atoms with Crippen molar-refractivity contribution in [2.24, 2.45) is 10.8 Å². The van der Waals surface area contributed by atoms with Crippen LogP contribution in [0.1, 0.15) is 38.3 Å². The topological polar surface area (TPSA) is 42.4 Å². The molecule has 2 aliphatic rings. The minimum Gasteiger partial charge on any atom is -0.384 e. The summed E-state index contributed by atoms with van der Waals surface area (Å²) in [4.78, 5) is 18.9. The van der Waals surface area contributed by atoms with E-state index in [9.17, 15) is 4.79 Å². The van der Waals surface area contributed by atoms with Crippen molar-refractivity contribution in [2.45, 2.75) is 32.7 Å². The Balaban J connectivity index is 1.83. The Labute approximate surface area is 120 Å². The zero-order valence-electron chi connectivity index (χ0n) is 12.4. The first-order chi connectivity index (χ1) is 9.50. The highest BCUT2D eigenvalue weighted by Gasteiger charge is 2.58. The molecule has 0 N–H and O–H groups in total. The highest BCUT2D eigenvalue weighted by Crippen LogP contribution is 2.54. The number of nitrogens with zero attached hydrogens (tertiary/aromatic N) is 2. The maximum absolute atomic E-state index is 12.8. The fourth-order valence-electron chi connectivity index (χ4n) is 3.44. The van der Waals surface area contributed by atoms with Gasteiger partial charge in [-0.15, -0.1) is 0 Å². The molecule has 3 rings (SSSR count). The summed E-state index contributed by atoms with van der Waals surface area (Å²) in [6, 6.07) is 4.19. The van der Waals surface area contributed by atoms with Gasteiger partial charge >= 0.3 is 0 Å². The van der Waals surface area contributed by atoms with Gasteiger partial charge in [-0.3, -0.25) is 9.78 Å². The van der Waals surface area contributed by atoms with Gasteiger partial charge in [-0.05, 0) is 30.5 Å². The van der Waals surface area contributed by atoms with Crippen LogP contribution in [0, 0.1) is 10.8 Å². The number of pyridine rings is 1. The summed E-state index contributed by atoms with van der Waals surface area (Å²) in [5.41, 5.74) is 1.06. The molecule has 20 heavy (non-hydrogen) atoms. The van der Waals surface area contributed by atoms with E-state index < -0.39 is 0 Å². The lowest BCUT2D eigenvalue weighted by molar-refractivity contribution is -0.160. The predicted molar refractivity (Wildman–Crippen MR) is 76.0 cm³/mol. The van der Waals surface area contributed by atoms with Crippen LogP contribution in [0.3, 0.4) is 0 Å². The van der Waals surface area contributed by atoms with Crippen LogP contribution in [-0.2, 0) is 9.53 Å². The first-order valence-electron chi connectivity index (χ1n) is 7.20. The van der Waals surface area contributed by atoms with Gasteiger partial charge in [-0.2, -0.15) is 0 Å². The fourth-order valence-corrected chi connectivity index (χ4v) is 3.44. The molecule has 1 amide bonds. The number of ether oxygens (including phenoxy) is 1. The lowest BCUT2D eigenvalue weighted by Gasteiger charge is -2.55. The Morgan fingerprint density at radius 3 is 2.55 bits per heavy atom. The Kier molecular flexibility index (Phi) is 3.09. The SMILES string of the molecule is COCC1(C(=O)N2CC(C)(C)C2c2ccncc2)CC1. The molecule has 2 fully saturated rings. The molecule has 1 saturated heterocycles. The van der Waals surface area contributed by atoms with Gasteiger partial charge in [0.25, 0.3) is 0 Å². The lowest BCUT2D eigenvalue weighted by atomic mass is 9.71. The molecular weight excluding hydrogens is 252 g/mol. The Bertz CT molecular complexity index is 508. The molecule has 0 spiro atoms. The molecule has 1 aliphatic heterocycles. The maximum Gasteiger partial charge on any atom is 0.231 e. The summed E-state index contributed by atoms with van der Waals surface area (Å²) in [6.07, 6.45) is 5.52. The van der Waals surface area contributed by atoms with E-state index in [-0.39, 0.29) is 22.8 Å². The van der Waals surface area contributed by atoms with Gasteiger partial charge in [0.2, 0.25) is 5.91 Å². The van der Waals surface area contributed by atoms with E-state index in [4.69, 9.17) is 4.74 Å². The zero-order chi connectivity index (χ0) is 14.4. The predicted octanol–water partition coefficient (Wildman–Crippen LogP) is 2.42. The average molecular weight is 274 g/mol. The second-order valence-corrected chi connectivity index (χ2v) is 6.82. The molecule has 1 aromatic rings. The van der Waals surface area contributed by atoms with Crippen LogP contribution in [0.15, 0.2) is 24.5 Å². The summed E-state index contributed by atoms with van der Waals surface area (Å²) in [5, 5.41) is 0. The summed E-state index contributed by atoms with van der Waals surface area (Å²) in [7, 11) is 1.67. The van der Waals surface area contributed by atoms with Crippen LogP contribution >= 0.6 is 0 Å². The van der Waals surface area contributed by atoms with Gasteiger partial charge in [0, 0.05) is 31.5 Å². The van der Waals surface area contributed by atoms with E-state index in [1.54, 1.807) is 19.5 Å². The van der Waals surface area contributed by atoms with E-state index in [0.29, 0.717) is 6.61 Å². The molecule has 0 radical (unpaired) electrons. The zero-order valence-corrected chi connectivity index (χ0v) is 12.4. The first-order valence-corrected chi connectivity index (χ1v) is 7.20. The summed E-state index contributed by atoms with van der Waals surface area (Å²) < 4.78 is 5.24. The van der Waals surface area contributed by atoms with E-state index >= 15 is 0 Å². The van der Waals surface area contributed by atoms with Crippen molar-refractivity contribution in [1.82, 2.24) is 9.88 Å². The third-order valence-electron chi connectivity index (χ3n) is 4.64. The van der Waals surface area contributed by atoms with Gasteiger partial charge in [0.1, 0.15) is 0 Å². The third kappa shape index (κ3) is 2.03. The van der Waals surface area contributed by atoms with Crippen molar-refractivity contribution in [1.29, 1.82) is 0 Å². The van der Waals surface area contributed by atoms with Gasteiger partial charge in [0.15, 0.2) is 0 Å². The monoisotopic (exact) mass is 274 g/mol. The lowest BCUT2D eigenvalue weighted by Crippen LogP contribution is -2.60. The number of likely N-dealkylation sites (tertiary alicyclic amines) is 1. The van der Waals surface area contributed by atoms with Gasteiger partial charge in [0.05, 0.1) is 18.1 Å². The molecule has 0 bridgehead atoms. The molecule has 0 aromatic carbocycles. The first kappa shape index (κ1) is 13.6. The Morgan fingerprint density at radius 1 is 1.40 bits per heavy atom. The van der Waals surface area contributed by atoms with Crippen molar-refractivity contribution in [2.75, 3.05) is 20.3 Å². The minimum atomic E-state index is -0.240. The maximum atomic E-state index is 12.8. The Hall–Kier alpha value is -1.42. The van der Waals surface area contributed by atoms with Crippen LogP contribution in [0.2, 0.25) is 0 Å². The van der Waals surface area contributed by atoms with Crippen LogP contribution in [-0.4, -0.2) is 36.1 Å². The fraction of sp³-hybridized carbons (Fsp3) is 0.625. The quantitative estimate of drug-likeness (QED) is 0.847. The van der Waals surface area contributed by atoms with Crippen molar-refractivity contribution >= 4 is 5.91 Å². The normalized spacial score (nSPS) is 25.9. The average Bonchev–Trinajstić information content (AvgIpc) is 3.18. The number of hydrogen-bond donors (Lipinski definition) is 0. The number of methoxy groups -OCH3 is 1. The second kappa shape index (κ2) is 4.55. The number of carbonyl (C=O) groups is 1. The molecule has 1 unspecified atom stereocenters. The molecule has 4 heteroatoms. The van der Waals surface area contributed by atoms with Crippen LogP contribution in [0.4, 0.5) is 0 Å². The standard InChI is InChI=1S/C16H22N2O2/c1-15(2)10-18(13(15)12-4-8-17-9-5-12)14(19)16(6-7-16)11-20-3/h4-5,8-9,13H,6-7,10-11H2,1-3H3. The largest absolute Gasteiger partial charge is 0.384 e. The van der Waals surface area contributed by atoms with Crippen LogP contribution in [0.5, 0.6) is 0 Å². The molecular formula is C16H22N2O2. The molecule has 4 nitrogen and oxygen atoms in total. The highest BCUT2D eigenvalue weighted by molar-refractivity contribution is 5.87. The minimum absolute atomic E-state index is 0.125. The van der Waals surface area contributed by atoms with E-state index in [0.717, 1.165) is 19.4 Å². The van der Waals surface area contributed by atoms with Gasteiger partial charge in [-0.1, -0.05) is 13.8 Å². The molecule has 108 valence electrons. The Morgan fingerprint density at radius 2 is 2.05 bits per heavy atom. The van der Waals surface area contributed by atoms with Gasteiger partial charge < -0.3 is 9.64 Å². The molecule has 1 aromatic heterocycles. The highest BCUT2D eigenvalue weighted by atomic mass is 16.5. The van der Waals surface area contributed by atoms with Crippen molar-refractivity contribution < 1.29 is 9.53 Å². The van der Waals surface area contributed by atoms with Crippen LogP contribution < -0.4 is 0 Å². The number of rotatable bonds is 4. The summed E-state index contributed by atoms with van der Waals surface area (Å²) in [5.74, 6) is 0.264. The summed E-state index contributed by atoms with van der Waals surface area (Å²) >= 11 is 0. The summed E-state index contributed by atoms with van der Waals surface area (Å²) in [6.45, 7) is 5.81. The third-order valence-corrected chi connectivity index (χ3v) is 4.64. The van der Waals surface area contributed by atoms with Crippen molar-refractivity contribution in [3.05, 3.63) is 30.1 Å². The number of carbonyl (C=O) groups excluding carboxylic acids is 1. The van der Waals surface area contributed by atoms with Crippen molar-refractivity contribution in [3.63, 3.8) is 0 Å². The number of amides is 1. The second-order valence-electron chi connectivity index (χ2n) is 6.82. The molecule has 1 atom stereocenters. The number of aromatic nitrogens is 1. The van der Waals surface area contributed by atoms with Crippen molar-refractivity contribution in [3.8, 4) is 0 Å². The van der Waals surface area contributed by atoms with E-state index in [2.05, 4.69) is 18.8 Å². The van der Waals surface area contributed by atoms with Gasteiger partial charge in [-0.25, -0.2) is 0 Å². The number of hydrogen-bond acceptors (Lipinski definition) is 3. The molecule has 1 aliphatic carbocycles.